The molecule has 1 aromatic carbocycles. The average Bonchev–Trinajstić information content (AvgIpc) is 3.40. The molecule has 0 radical (unpaired) electrons. The van der Waals surface area contributed by atoms with E-state index in [9.17, 15) is 14.5 Å². The van der Waals surface area contributed by atoms with Crippen LogP contribution >= 0.6 is 31.9 Å². The van der Waals surface area contributed by atoms with Gasteiger partial charge in [0.2, 0.25) is 5.75 Å². The molecule has 0 amide bonds. The van der Waals surface area contributed by atoms with Crippen LogP contribution in [0.4, 0.5) is 10.2 Å². The summed E-state index contributed by atoms with van der Waals surface area (Å²) in [6.07, 6.45) is 7.66. The maximum absolute atomic E-state index is 14.3. The van der Waals surface area contributed by atoms with E-state index in [0.29, 0.717) is 34.0 Å². The molecule has 3 heterocycles. The Morgan fingerprint density at radius 1 is 1.22 bits per heavy atom. The van der Waals surface area contributed by atoms with Gasteiger partial charge in [0, 0.05) is 23.6 Å². The van der Waals surface area contributed by atoms with Gasteiger partial charge in [0.1, 0.15) is 28.7 Å². The van der Waals surface area contributed by atoms with Crippen molar-refractivity contribution in [3.8, 4) is 11.4 Å². The molecule has 10 nitrogen and oxygen atoms in total. The van der Waals surface area contributed by atoms with Gasteiger partial charge in [-0.25, -0.2) is 14.1 Å². The number of halogens is 3. The molecule has 0 saturated heterocycles. The fourth-order valence-corrected chi connectivity index (χ4v) is 5.01. The molecule has 0 bridgehead atoms. The maximum Gasteiger partial charge on any atom is 0.406 e. The summed E-state index contributed by atoms with van der Waals surface area (Å²) in [4.78, 5) is 19.0. The summed E-state index contributed by atoms with van der Waals surface area (Å²) >= 11 is 6.93. The lowest BCUT2D eigenvalue weighted by molar-refractivity contribution is -0.390. The topological polar surface area (TPSA) is 114 Å². The first-order valence-corrected chi connectivity index (χ1v) is 12.8. The van der Waals surface area contributed by atoms with Gasteiger partial charge in [-0.2, -0.15) is 10.2 Å². The second-order valence-corrected chi connectivity index (χ2v) is 10.1. The average molecular weight is 621 g/mol. The lowest BCUT2D eigenvalue weighted by Crippen LogP contribution is -2.18. The third kappa shape index (κ3) is 4.76. The normalized spacial score (nSPS) is 14.4. The van der Waals surface area contributed by atoms with Crippen LogP contribution in [0.25, 0.3) is 5.69 Å². The molecule has 1 atom stereocenters. The molecule has 1 unspecified atom stereocenters. The van der Waals surface area contributed by atoms with Crippen LogP contribution in [0.1, 0.15) is 55.3 Å². The fraction of sp³-hybridized carbons (Fsp3) is 0.304. The minimum Gasteiger partial charge on any atom is -0.478 e. The lowest BCUT2D eigenvalue weighted by atomic mass is 9.93. The minimum absolute atomic E-state index is 0.0387. The monoisotopic (exact) mass is 619 g/mol. The molecule has 0 aliphatic heterocycles. The Kier molecular flexibility index (Phi) is 6.84. The summed E-state index contributed by atoms with van der Waals surface area (Å²) < 4.78 is 25.3. The van der Waals surface area contributed by atoms with Crippen LogP contribution in [0.5, 0.6) is 5.75 Å². The Morgan fingerprint density at radius 3 is 2.75 bits per heavy atom. The molecule has 1 saturated carbocycles. The number of aromatic nitrogens is 6. The molecular weight excluding hydrogens is 601 g/mol. The van der Waals surface area contributed by atoms with Crippen LogP contribution in [0.15, 0.2) is 52.1 Å². The first-order chi connectivity index (χ1) is 17.3. The van der Waals surface area contributed by atoms with Crippen LogP contribution in [-0.4, -0.2) is 34.5 Å². The van der Waals surface area contributed by atoms with Gasteiger partial charge in [0.25, 0.3) is 0 Å². The van der Waals surface area contributed by atoms with Crippen LogP contribution in [-0.2, 0) is 6.42 Å². The number of ether oxygens (including phenoxy) is 1. The molecule has 1 aliphatic carbocycles. The summed E-state index contributed by atoms with van der Waals surface area (Å²) in [6, 6.07) is 6.10. The molecule has 3 aromatic heterocycles. The van der Waals surface area contributed by atoms with Gasteiger partial charge >= 0.3 is 5.82 Å². The van der Waals surface area contributed by atoms with Gasteiger partial charge in [-0.05, 0) is 86.2 Å². The van der Waals surface area contributed by atoms with Crippen molar-refractivity contribution in [2.24, 2.45) is 0 Å². The number of pyridine rings is 1. The maximum atomic E-state index is 14.3. The van der Waals surface area contributed by atoms with Crippen LogP contribution in [0.2, 0.25) is 0 Å². The van der Waals surface area contributed by atoms with Crippen LogP contribution in [0.3, 0.4) is 0 Å². The number of hydrogen-bond acceptors (Lipinski definition) is 7. The van der Waals surface area contributed by atoms with E-state index in [0.717, 1.165) is 23.0 Å². The minimum atomic E-state index is -0.768. The van der Waals surface area contributed by atoms with E-state index in [1.807, 2.05) is 10.9 Å². The molecule has 0 spiro atoms. The highest BCUT2D eigenvalue weighted by molar-refractivity contribution is 9.10. The standard InChI is InChI=1S/C23H20Br2FN7O3/c1-13(36-20-8-15(24)11-27-23(20)33(34)35)18-9-16(26)5-6-19(18)32-21(28-12-30-32)7-14-10-29-31(22(14)25)17-3-2-4-17/h5-6,8-13,17H,2-4,7H2,1H3. The van der Waals surface area contributed by atoms with Crippen molar-refractivity contribution < 1.29 is 14.1 Å². The Balaban J connectivity index is 1.47. The Labute approximate surface area is 221 Å². The zero-order valence-corrected chi connectivity index (χ0v) is 22.2. The van der Waals surface area contributed by atoms with Gasteiger partial charge in [0.05, 0.1) is 22.4 Å². The third-order valence-electron chi connectivity index (χ3n) is 6.12. The van der Waals surface area contributed by atoms with E-state index in [2.05, 4.69) is 52.0 Å². The first-order valence-electron chi connectivity index (χ1n) is 11.2. The van der Waals surface area contributed by atoms with E-state index in [-0.39, 0.29) is 5.75 Å². The smallest absolute Gasteiger partial charge is 0.406 e. The number of nitro groups is 1. The predicted octanol–water partition coefficient (Wildman–Crippen LogP) is 5.89. The zero-order chi connectivity index (χ0) is 25.4. The van der Waals surface area contributed by atoms with E-state index >= 15 is 0 Å². The van der Waals surface area contributed by atoms with E-state index in [1.54, 1.807) is 17.7 Å². The van der Waals surface area contributed by atoms with Crippen molar-refractivity contribution >= 4 is 37.7 Å². The largest absolute Gasteiger partial charge is 0.478 e. The molecule has 1 aliphatic rings. The quantitative estimate of drug-likeness (QED) is 0.178. The van der Waals surface area contributed by atoms with Crippen molar-refractivity contribution in [1.82, 2.24) is 29.5 Å². The van der Waals surface area contributed by atoms with Crippen LogP contribution in [0, 0.1) is 15.9 Å². The van der Waals surface area contributed by atoms with Gasteiger partial charge < -0.3 is 14.9 Å². The summed E-state index contributed by atoms with van der Waals surface area (Å²) in [5.41, 5.74) is 1.95. The van der Waals surface area contributed by atoms with Crippen LogP contribution < -0.4 is 4.74 Å². The van der Waals surface area contributed by atoms with Crippen molar-refractivity contribution in [2.45, 2.75) is 44.8 Å². The first kappa shape index (κ1) is 24.5. The van der Waals surface area contributed by atoms with E-state index in [1.165, 1.54) is 37.1 Å². The SMILES string of the molecule is CC(Oc1cc(Br)cnc1[N+](=O)[O-])c1cc(F)ccc1-n1ncnc1Cc1cnn(C2CCC2)c1Br. The van der Waals surface area contributed by atoms with Gasteiger partial charge in [0.15, 0.2) is 6.20 Å². The summed E-state index contributed by atoms with van der Waals surface area (Å²) in [7, 11) is 0. The highest BCUT2D eigenvalue weighted by atomic mass is 79.9. The lowest BCUT2D eigenvalue weighted by Gasteiger charge is -2.26. The van der Waals surface area contributed by atoms with Gasteiger partial charge in [-0.1, -0.05) is 0 Å². The van der Waals surface area contributed by atoms with Crippen molar-refractivity contribution in [1.29, 1.82) is 0 Å². The second kappa shape index (κ2) is 10.1. The predicted molar refractivity (Wildman–Crippen MR) is 135 cm³/mol. The molecular formula is C23H20Br2FN7O3. The molecule has 1 fully saturated rings. The van der Waals surface area contributed by atoms with Gasteiger partial charge in [-0.15, -0.1) is 0 Å². The Morgan fingerprint density at radius 2 is 2.03 bits per heavy atom. The fourth-order valence-electron chi connectivity index (χ4n) is 4.08. The van der Waals surface area contributed by atoms with E-state index < -0.39 is 22.7 Å². The second-order valence-electron chi connectivity index (χ2n) is 8.45. The highest BCUT2D eigenvalue weighted by Gasteiger charge is 2.26. The molecule has 186 valence electrons. The Bertz CT molecular complexity index is 1440. The van der Waals surface area contributed by atoms with Gasteiger partial charge in [-0.3, -0.25) is 4.68 Å². The number of hydrogen-bond donors (Lipinski definition) is 0. The van der Waals surface area contributed by atoms with Crippen molar-refractivity contribution in [2.75, 3.05) is 0 Å². The number of rotatable bonds is 8. The molecule has 13 heteroatoms. The molecule has 0 N–H and O–H groups in total. The van der Waals surface area contributed by atoms with E-state index in [4.69, 9.17) is 4.74 Å². The third-order valence-corrected chi connectivity index (χ3v) is 7.43. The van der Waals surface area contributed by atoms with Crippen molar-refractivity contribution in [3.05, 3.63) is 84.9 Å². The summed E-state index contributed by atoms with van der Waals surface area (Å²) in [6.45, 7) is 1.68. The Hall–Kier alpha value is -3.19. The zero-order valence-electron chi connectivity index (χ0n) is 19.0. The molecule has 5 rings (SSSR count). The molecule has 36 heavy (non-hydrogen) atoms. The summed E-state index contributed by atoms with van der Waals surface area (Å²) in [5.74, 6) is -0.322. The summed E-state index contributed by atoms with van der Waals surface area (Å²) in [5, 5.41) is 20.3. The number of nitrogens with zero attached hydrogens (tertiary/aromatic N) is 7. The molecule has 4 aromatic rings. The van der Waals surface area contributed by atoms with Crippen molar-refractivity contribution in [3.63, 3.8) is 0 Å². The highest BCUT2D eigenvalue weighted by Crippen LogP contribution is 2.36. The number of benzene rings is 1.